The van der Waals surface area contributed by atoms with E-state index in [1.165, 1.54) is 18.2 Å². The van der Waals surface area contributed by atoms with E-state index in [0.29, 0.717) is 0 Å². The highest BCUT2D eigenvalue weighted by molar-refractivity contribution is 5.95. The Kier molecular flexibility index (Phi) is 4.25. The van der Waals surface area contributed by atoms with E-state index in [9.17, 15) is 13.6 Å². The topological polar surface area (TPSA) is 61.6 Å². The van der Waals surface area contributed by atoms with Gasteiger partial charge in [-0.3, -0.25) is 4.79 Å². The number of hydrogen-bond acceptors (Lipinski definition) is 3. The van der Waals surface area contributed by atoms with Crippen LogP contribution in [0.15, 0.2) is 18.2 Å². The van der Waals surface area contributed by atoms with Crippen molar-refractivity contribution in [1.29, 1.82) is 0 Å². The quantitative estimate of drug-likeness (QED) is 0.864. The van der Waals surface area contributed by atoms with E-state index in [4.69, 9.17) is 10.5 Å². The lowest BCUT2D eigenvalue weighted by Gasteiger charge is -2.14. The van der Waals surface area contributed by atoms with Crippen LogP contribution in [0.2, 0.25) is 0 Å². The molecule has 0 saturated carbocycles. The Labute approximate surface area is 97.3 Å². The fourth-order valence-electron chi connectivity index (χ4n) is 1.23. The zero-order valence-corrected chi connectivity index (χ0v) is 9.44. The Morgan fingerprint density at radius 1 is 1.29 bits per heavy atom. The summed E-state index contributed by atoms with van der Waals surface area (Å²) in [6.45, 7) is 0.554. The molecule has 0 aliphatic heterocycles. The molecular weight excluding hydrogens is 232 g/mol. The fraction of sp³-hybridized carbons (Fsp3) is 0.364. The van der Waals surface area contributed by atoms with Gasteiger partial charge in [-0.2, -0.15) is 8.78 Å². The smallest absolute Gasteiger partial charge is 0.387 e. The van der Waals surface area contributed by atoms with Crippen molar-refractivity contribution in [2.45, 2.75) is 26.6 Å². The minimum atomic E-state index is -2.93. The van der Waals surface area contributed by atoms with Crippen LogP contribution in [0, 0.1) is 0 Å². The predicted octanol–water partition coefficient (Wildman–Crippen LogP) is 2.17. The molecule has 1 aromatic rings. The number of amides is 1. The number of nitrogens with two attached hydrogens (primary N) is 1. The summed E-state index contributed by atoms with van der Waals surface area (Å²) < 4.78 is 33.5. The molecule has 0 aliphatic carbocycles. The molecule has 0 spiro atoms. The lowest BCUT2D eigenvalue weighted by molar-refractivity contribution is -0.0499. The molecule has 0 aliphatic rings. The maximum Gasteiger partial charge on any atom is 0.387 e. The Morgan fingerprint density at radius 2 is 1.94 bits per heavy atom. The highest BCUT2D eigenvalue weighted by Crippen LogP contribution is 2.26. The van der Waals surface area contributed by atoms with Crippen LogP contribution < -0.4 is 15.2 Å². The molecular formula is C11H13F2NO3. The van der Waals surface area contributed by atoms with Gasteiger partial charge < -0.3 is 15.2 Å². The van der Waals surface area contributed by atoms with Gasteiger partial charge in [0.1, 0.15) is 11.5 Å². The van der Waals surface area contributed by atoms with Gasteiger partial charge in [-0.1, -0.05) is 0 Å². The van der Waals surface area contributed by atoms with Crippen molar-refractivity contribution < 1.29 is 23.0 Å². The maximum absolute atomic E-state index is 12.0. The molecule has 0 fully saturated rings. The van der Waals surface area contributed by atoms with E-state index < -0.39 is 12.5 Å². The molecule has 0 unspecified atom stereocenters. The van der Waals surface area contributed by atoms with E-state index in [2.05, 4.69) is 4.74 Å². The molecule has 4 nitrogen and oxygen atoms in total. The van der Waals surface area contributed by atoms with Crippen LogP contribution in [0.25, 0.3) is 0 Å². The maximum atomic E-state index is 12.0. The molecule has 1 rings (SSSR count). The second kappa shape index (κ2) is 5.47. The molecule has 17 heavy (non-hydrogen) atoms. The first-order chi connectivity index (χ1) is 7.90. The second-order valence-corrected chi connectivity index (χ2v) is 3.57. The number of halogens is 2. The largest absolute Gasteiger partial charge is 0.490 e. The van der Waals surface area contributed by atoms with Crippen molar-refractivity contribution in [3.63, 3.8) is 0 Å². The van der Waals surface area contributed by atoms with Crippen LogP contribution in [-0.2, 0) is 0 Å². The molecule has 1 aromatic carbocycles. The number of primary amides is 1. The summed E-state index contributed by atoms with van der Waals surface area (Å²) in [5.41, 5.74) is 5.26. The van der Waals surface area contributed by atoms with E-state index >= 15 is 0 Å². The number of alkyl halides is 2. The monoisotopic (exact) mass is 245 g/mol. The highest BCUT2D eigenvalue weighted by Gasteiger charge is 2.14. The molecule has 0 bridgehead atoms. The van der Waals surface area contributed by atoms with Crippen LogP contribution in [-0.4, -0.2) is 18.6 Å². The van der Waals surface area contributed by atoms with Crippen molar-refractivity contribution in [3.05, 3.63) is 23.8 Å². The summed E-state index contributed by atoms with van der Waals surface area (Å²) in [5, 5.41) is 0. The molecule has 6 heteroatoms. The van der Waals surface area contributed by atoms with E-state index in [0.717, 1.165) is 0 Å². The fourth-order valence-corrected chi connectivity index (χ4v) is 1.23. The molecule has 0 heterocycles. The Morgan fingerprint density at radius 3 is 2.41 bits per heavy atom. The zero-order chi connectivity index (χ0) is 13.0. The van der Waals surface area contributed by atoms with E-state index in [1.54, 1.807) is 13.8 Å². The number of benzene rings is 1. The van der Waals surface area contributed by atoms with Gasteiger partial charge in [0.05, 0.1) is 11.7 Å². The third-order valence-corrected chi connectivity index (χ3v) is 1.81. The number of carbonyl (C=O) groups excluding carboxylic acids is 1. The number of ether oxygens (including phenoxy) is 2. The van der Waals surface area contributed by atoms with Crippen LogP contribution in [0.5, 0.6) is 11.5 Å². The Hall–Kier alpha value is -1.85. The minimum Gasteiger partial charge on any atom is -0.490 e. The van der Waals surface area contributed by atoms with Crippen molar-refractivity contribution >= 4 is 5.91 Å². The summed E-state index contributed by atoms with van der Waals surface area (Å²) in [4.78, 5) is 11.1. The number of rotatable bonds is 5. The molecule has 1 amide bonds. The van der Waals surface area contributed by atoms with Crippen LogP contribution in [0.1, 0.15) is 24.2 Å². The summed E-state index contributed by atoms with van der Waals surface area (Å²) in [5.74, 6) is -0.643. The molecule has 94 valence electrons. The molecule has 0 radical (unpaired) electrons. The first-order valence-corrected chi connectivity index (χ1v) is 4.95. The summed E-state index contributed by atoms with van der Waals surface area (Å²) in [6, 6.07) is 3.74. The predicted molar refractivity (Wildman–Crippen MR) is 57.4 cm³/mol. The summed E-state index contributed by atoms with van der Waals surface area (Å²) in [7, 11) is 0. The van der Waals surface area contributed by atoms with Gasteiger partial charge >= 0.3 is 6.61 Å². The standard InChI is InChI=1S/C11H13F2NO3/c1-6(2)16-9-5-7(17-11(12)13)3-4-8(9)10(14)15/h3-6,11H,1-2H3,(H2,14,15). The lowest BCUT2D eigenvalue weighted by Crippen LogP contribution is -2.15. The number of carbonyl (C=O) groups is 1. The van der Waals surface area contributed by atoms with Crippen molar-refractivity contribution in [3.8, 4) is 11.5 Å². The normalized spacial score (nSPS) is 10.7. The lowest BCUT2D eigenvalue weighted by atomic mass is 10.2. The average molecular weight is 245 g/mol. The van der Waals surface area contributed by atoms with Gasteiger partial charge in [0.2, 0.25) is 0 Å². The van der Waals surface area contributed by atoms with Gasteiger partial charge in [0.25, 0.3) is 5.91 Å². The van der Waals surface area contributed by atoms with Crippen LogP contribution in [0.4, 0.5) is 8.78 Å². The minimum absolute atomic E-state index is 0.0827. The SMILES string of the molecule is CC(C)Oc1cc(OC(F)F)ccc1C(N)=O. The first kappa shape index (κ1) is 13.2. The zero-order valence-electron chi connectivity index (χ0n) is 9.44. The third kappa shape index (κ3) is 3.90. The van der Waals surface area contributed by atoms with Gasteiger partial charge in [-0.15, -0.1) is 0 Å². The van der Waals surface area contributed by atoms with Gasteiger partial charge in [0.15, 0.2) is 0 Å². The molecule has 2 N–H and O–H groups in total. The Bertz CT molecular complexity index is 408. The number of hydrogen-bond donors (Lipinski definition) is 1. The van der Waals surface area contributed by atoms with Crippen molar-refractivity contribution in [2.75, 3.05) is 0 Å². The second-order valence-electron chi connectivity index (χ2n) is 3.57. The van der Waals surface area contributed by atoms with E-state index in [-0.39, 0.29) is 23.2 Å². The van der Waals surface area contributed by atoms with Crippen LogP contribution >= 0.6 is 0 Å². The molecule has 0 aromatic heterocycles. The first-order valence-electron chi connectivity index (χ1n) is 4.95. The molecule has 0 atom stereocenters. The van der Waals surface area contributed by atoms with Gasteiger partial charge in [-0.25, -0.2) is 0 Å². The summed E-state index contributed by atoms with van der Waals surface area (Å²) >= 11 is 0. The van der Waals surface area contributed by atoms with E-state index in [1.807, 2.05) is 0 Å². The average Bonchev–Trinajstić information content (AvgIpc) is 2.15. The molecule has 0 saturated heterocycles. The van der Waals surface area contributed by atoms with Crippen LogP contribution in [0.3, 0.4) is 0 Å². The van der Waals surface area contributed by atoms with Gasteiger partial charge in [0, 0.05) is 6.07 Å². The highest BCUT2D eigenvalue weighted by atomic mass is 19.3. The summed E-state index contributed by atoms with van der Waals surface area (Å²) in [6.07, 6.45) is -0.213. The van der Waals surface area contributed by atoms with Crippen molar-refractivity contribution in [2.24, 2.45) is 5.73 Å². The van der Waals surface area contributed by atoms with Crippen molar-refractivity contribution in [1.82, 2.24) is 0 Å². The Balaban J connectivity index is 3.05. The van der Waals surface area contributed by atoms with Gasteiger partial charge in [-0.05, 0) is 26.0 Å². The third-order valence-electron chi connectivity index (χ3n) is 1.81.